The van der Waals surface area contributed by atoms with Gasteiger partial charge in [-0.2, -0.15) is 0 Å². The van der Waals surface area contributed by atoms with Gasteiger partial charge in [0, 0.05) is 12.1 Å². The van der Waals surface area contributed by atoms with Gasteiger partial charge in [0.15, 0.2) is 0 Å². The Kier molecular flexibility index (Phi) is 8.42. The first kappa shape index (κ1) is 20.0. The second-order valence-electron chi connectivity index (χ2n) is 9.33. The van der Waals surface area contributed by atoms with E-state index in [0.717, 1.165) is 17.8 Å². The van der Waals surface area contributed by atoms with Crippen LogP contribution in [0.2, 0.25) is 0 Å². The van der Waals surface area contributed by atoms with E-state index in [1.165, 1.54) is 57.8 Å². The SMILES string of the molecule is CC(C)(C)C1CCCCC1N.CC(C)CC1CCC(N)CC1. The molecular formula is C20H42N2. The first-order valence-electron chi connectivity index (χ1n) is 9.71. The van der Waals surface area contributed by atoms with E-state index < -0.39 is 0 Å². The maximum absolute atomic E-state index is 6.07. The molecule has 0 heterocycles. The predicted molar refractivity (Wildman–Crippen MR) is 98.8 cm³/mol. The molecule has 2 rings (SSSR count). The van der Waals surface area contributed by atoms with Gasteiger partial charge in [-0.3, -0.25) is 0 Å². The fourth-order valence-corrected chi connectivity index (χ4v) is 4.33. The summed E-state index contributed by atoms with van der Waals surface area (Å²) >= 11 is 0. The average Bonchev–Trinajstić information content (AvgIpc) is 2.41. The Labute approximate surface area is 139 Å². The number of hydrogen-bond acceptors (Lipinski definition) is 2. The second-order valence-corrected chi connectivity index (χ2v) is 9.33. The molecule has 0 radical (unpaired) electrons. The van der Waals surface area contributed by atoms with Gasteiger partial charge >= 0.3 is 0 Å². The predicted octanol–water partition coefficient (Wildman–Crippen LogP) is 5.10. The largest absolute Gasteiger partial charge is 0.328 e. The number of rotatable bonds is 2. The van der Waals surface area contributed by atoms with Gasteiger partial charge in [-0.05, 0) is 68.1 Å². The third-order valence-electron chi connectivity index (χ3n) is 5.63. The Morgan fingerprint density at radius 3 is 1.82 bits per heavy atom. The van der Waals surface area contributed by atoms with Gasteiger partial charge in [0.2, 0.25) is 0 Å². The normalized spacial score (nSPS) is 33.3. The van der Waals surface area contributed by atoms with Crippen molar-refractivity contribution in [1.29, 1.82) is 0 Å². The number of hydrogen-bond donors (Lipinski definition) is 2. The van der Waals surface area contributed by atoms with Crippen LogP contribution in [0, 0.1) is 23.2 Å². The van der Waals surface area contributed by atoms with Gasteiger partial charge in [0.25, 0.3) is 0 Å². The Morgan fingerprint density at radius 2 is 1.41 bits per heavy atom. The smallest absolute Gasteiger partial charge is 0.00721 e. The molecule has 0 spiro atoms. The average molecular weight is 311 g/mol. The van der Waals surface area contributed by atoms with Crippen molar-refractivity contribution in [3.8, 4) is 0 Å². The molecule has 0 bridgehead atoms. The Morgan fingerprint density at radius 1 is 0.864 bits per heavy atom. The maximum atomic E-state index is 6.07. The van der Waals surface area contributed by atoms with Crippen molar-refractivity contribution >= 4 is 0 Å². The Bertz CT molecular complexity index is 285. The van der Waals surface area contributed by atoms with Crippen LogP contribution in [0.3, 0.4) is 0 Å². The summed E-state index contributed by atoms with van der Waals surface area (Å²) in [5, 5.41) is 0. The van der Waals surface area contributed by atoms with Crippen LogP contribution >= 0.6 is 0 Å². The van der Waals surface area contributed by atoms with Crippen LogP contribution in [-0.2, 0) is 0 Å². The van der Waals surface area contributed by atoms with Crippen molar-refractivity contribution in [3.05, 3.63) is 0 Å². The minimum Gasteiger partial charge on any atom is -0.328 e. The van der Waals surface area contributed by atoms with Crippen LogP contribution in [0.25, 0.3) is 0 Å². The lowest BCUT2D eigenvalue weighted by Gasteiger charge is -2.38. The van der Waals surface area contributed by atoms with Crippen LogP contribution in [0.1, 0.15) is 92.4 Å². The summed E-state index contributed by atoms with van der Waals surface area (Å²) in [6.45, 7) is 11.6. The minimum atomic E-state index is 0.417. The molecule has 0 amide bonds. The van der Waals surface area contributed by atoms with Crippen molar-refractivity contribution < 1.29 is 0 Å². The van der Waals surface area contributed by atoms with Crippen molar-refractivity contribution in [2.75, 3.05) is 0 Å². The lowest BCUT2D eigenvalue weighted by Crippen LogP contribution is -2.40. The molecule has 2 saturated carbocycles. The van der Waals surface area contributed by atoms with E-state index in [9.17, 15) is 0 Å². The standard InChI is InChI=1S/2C10H21N/c1-10(2,3)8-6-4-5-7-9(8)11;1-8(2)7-9-3-5-10(11)6-4-9/h8-9H,4-7,11H2,1-3H3;8-10H,3-7,11H2,1-2H3. The third kappa shape index (κ3) is 7.46. The first-order valence-corrected chi connectivity index (χ1v) is 9.71. The molecule has 2 heteroatoms. The molecule has 0 aliphatic heterocycles. The summed E-state index contributed by atoms with van der Waals surface area (Å²) < 4.78 is 0. The van der Waals surface area contributed by atoms with Gasteiger partial charge in [0.05, 0.1) is 0 Å². The second kappa shape index (κ2) is 9.27. The van der Waals surface area contributed by atoms with Crippen molar-refractivity contribution in [2.45, 2.75) is 104 Å². The van der Waals surface area contributed by atoms with Crippen LogP contribution < -0.4 is 11.5 Å². The van der Waals surface area contributed by atoms with Crippen LogP contribution in [0.5, 0.6) is 0 Å². The topological polar surface area (TPSA) is 52.0 Å². The van der Waals surface area contributed by atoms with Gasteiger partial charge in [-0.1, -0.05) is 47.5 Å². The van der Waals surface area contributed by atoms with Crippen LogP contribution in [-0.4, -0.2) is 12.1 Å². The lowest BCUT2D eigenvalue weighted by molar-refractivity contribution is 0.153. The van der Waals surface area contributed by atoms with E-state index in [4.69, 9.17) is 11.5 Å². The molecule has 0 aromatic carbocycles. The molecular weight excluding hydrogens is 268 g/mol. The van der Waals surface area contributed by atoms with Crippen molar-refractivity contribution in [1.82, 2.24) is 0 Å². The monoisotopic (exact) mass is 310 g/mol. The molecule has 2 atom stereocenters. The molecule has 0 saturated heterocycles. The van der Waals surface area contributed by atoms with Gasteiger partial charge in [0.1, 0.15) is 0 Å². The minimum absolute atomic E-state index is 0.417. The summed E-state index contributed by atoms with van der Waals surface area (Å²) in [5.74, 6) is 2.60. The number of nitrogens with two attached hydrogens (primary N) is 2. The molecule has 2 unspecified atom stereocenters. The maximum Gasteiger partial charge on any atom is 0.00721 e. The van der Waals surface area contributed by atoms with Crippen LogP contribution in [0.4, 0.5) is 0 Å². The highest BCUT2D eigenvalue weighted by Gasteiger charge is 2.31. The first-order chi connectivity index (χ1) is 10.2. The quantitative estimate of drug-likeness (QED) is 0.745. The highest BCUT2D eigenvalue weighted by molar-refractivity contribution is 4.85. The third-order valence-corrected chi connectivity index (χ3v) is 5.63. The Balaban J connectivity index is 0.000000220. The van der Waals surface area contributed by atoms with Gasteiger partial charge < -0.3 is 11.5 Å². The summed E-state index contributed by atoms with van der Waals surface area (Å²) in [7, 11) is 0. The highest BCUT2D eigenvalue weighted by atomic mass is 14.7. The molecule has 0 aromatic rings. The molecule has 0 aromatic heterocycles. The molecule has 2 fully saturated rings. The Hall–Kier alpha value is -0.0800. The molecule has 2 nitrogen and oxygen atoms in total. The van der Waals surface area contributed by atoms with E-state index in [1.54, 1.807) is 0 Å². The fourth-order valence-electron chi connectivity index (χ4n) is 4.33. The molecule has 22 heavy (non-hydrogen) atoms. The molecule has 2 aliphatic rings. The summed E-state index contributed by atoms with van der Waals surface area (Å²) in [5.41, 5.74) is 12.3. The fraction of sp³-hybridized carbons (Fsp3) is 1.00. The summed E-state index contributed by atoms with van der Waals surface area (Å²) in [4.78, 5) is 0. The zero-order valence-electron chi connectivity index (χ0n) is 15.9. The molecule has 2 aliphatic carbocycles. The van der Waals surface area contributed by atoms with Gasteiger partial charge in [-0.15, -0.1) is 0 Å². The van der Waals surface area contributed by atoms with E-state index in [1.807, 2.05) is 0 Å². The van der Waals surface area contributed by atoms with E-state index in [2.05, 4.69) is 34.6 Å². The highest BCUT2D eigenvalue weighted by Crippen LogP contribution is 2.36. The van der Waals surface area contributed by atoms with E-state index in [0.29, 0.717) is 17.5 Å². The van der Waals surface area contributed by atoms with Crippen molar-refractivity contribution in [2.24, 2.45) is 34.6 Å². The van der Waals surface area contributed by atoms with E-state index >= 15 is 0 Å². The van der Waals surface area contributed by atoms with E-state index in [-0.39, 0.29) is 0 Å². The van der Waals surface area contributed by atoms with Crippen molar-refractivity contribution in [3.63, 3.8) is 0 Å². The van der Waals surface area contributed by atoms with Gasteiger partial charge in [-0.25, -0.2) is 0 Å². The molecule has 4 N–H and O–H groups in total. The summed E-state index contributed by atoms with van der Waals surface area (Å²) in [6.07, 6.45) is 12.0. The van der Waals surface area contributed by atoms with Crippen LogP contribution in [0.15, 0.2) is 0 Å². The lowest BCUT2D eigenvalue weighted by atomic mass is 9.70. The zero-order valence-corrected chi connectivity index (χ0v) is 15.9. The zero-order chi connectivity index (χ0) is 16.8. The molecule has 132 valence electrons. The summed E-state index contributed by atoms with van der Waals surface area (Å²) in [6, 6.07) is 0.974.